The van der Waals surface area contributed by atoms with Crippen molar-refractivity contribution in [2.24, 2.45) is 0 Å². The second kappa shape index (κ2) is 71.2. The second-order valence-corrected chi connectivity index (χ2v) is 5.29. The maximum Gasteiger partial charge on any atom is 5.00 e. The first-order valence-electron chi connectivity index (χ1n) is 9.98. The van der Waals surface area contributed by atoms with Gasteiger partial charge in [-0.05, 0) is 0 Å². The predicted octanol–water partition coefficient (Wildman–Crippen LogP) is 0.0830. The van der Waals surface area contributed by atoms with Crippen LogP contribution in [0, 0.1) is 0 Å². The molecule has 162 valence electrons. The average Bonchev–Trinajstić information content (AvgIpc) is 2.61. The zero-order valence-electron chi connectivity index (χ0n) is 18.1. The molecule has 5 nitrogen and oxygen atoms in total. The monoisotopic (exact) mass is 466 g/mol. The van der Waals surface area contributed by atoms with Crippen LogP contribution in [0.4, 0.5) is 0 Å². The molecule has 0 unspecified atom stereocenters. The standard InChI is InChI=1S/5C4H9O.Li.Nb.H/c5*1-2-3-4-5;;;/h5*2-4H2,1H3;;;/q5*-1;;+5;. The van der Waals surface area contributed by atoms with Gasteiger partial charge in [0.2, 0.25) is 0 Å². The van der Waals surface area contributed by atoms with Gasteiger partial charge in [-0.1, -0.05) is 98.8 Å². The third-order valence-electron chi connectivity index (χ3n) is 2.49. The molecule has 0 heterocycles. The summed E-state index contributed by atoms with van der Waals surface area (Å²) in [6.07, 6.45) is 9.32. The normalized spacial score (nSPS) is 7.78. The SMILES string of the molecule is CCCC[O-].CCCC[O-].CCCC[O-].CCCC[O-].CCCC[O-].[LiH].[Nb+5]. The predicted molar refractivity (Wildman–Crippen MR) is 106 cm³/mol. The summed E-state index contributed by atoms with van der Waals surface area (Å²) < 4.78 is 0. The van der Waals surface area contributed by atoms with Crippen LogP contribution in [0.15, 0.2) is 0 Å². The Morgan fingerprint density at radius 3 is 0.481 bits per heavy atom. The summed E-state index contributed by atoms with van der Waals surface area (Å²) in [6, 6.07) is 0. The molecule has 0 radical (unpaired) electrons. The van der Waals surface area contributed by atoms with Gasteiger partial charge in [-0.15, -0.1) is 33.0 Å². The molecule has 0 aliphatic rings. The third kappa shape index (κ3) is 138. The Morgan fingerprint density at radius 2 is 0.481 bits per heavy atom. The molecule has 0 bridgehead atoms. The van der Waals surface area contributed by atoms with Gasteiger partial charge in [-0.25, -0.2) is 0 Å². The van der Waals surface area contributed by atoms with E-state index in [1.165, 1.54) is 0 Å². The van der Waals surface area contributed by atoms with Crippen LogP contribution < -0.4 is 25.5 Å². The summed E-state index contributed by atoms with van der Waals surface area (Å²) in [5.74, 6) is 0. The van der Waals surface area contributed by atoms with Gasteiger partial charge in [0.05, 0.1) is 0 Å². The van der Waals surface area contributed by atoms with E-state index in [0.717, 1.165) is 64.2 Å². The summed E-state index contributed by atoms with van der Waals surface area (Å²) in [5.41, 5.74) is 0. The van der Waals surface area contributed by atoms with Crippen molar-refractivity contribution in [1.82, 2.24) is 0 Å². The summed E-state index contributed by atoms with van der Waals surface area (Å²) in [7, 11) is 0. The number of unbranched alkanes of at least 4 members (excludes halogenated alkanes) is 5. The van der Waals surface area contributed by atoms with Crippen molar-refractivity contribution >= 4 is 18.9 Å². The molecular formula is C20H46LiNbO5. The van der Waals surface area contributed by atoms with E-state index in [1.807, 2.05) is 34.6 Å². The van der Waals surface area contributed by atoms with E-state index >= 15 is 0 Å². The second-order valence-electron chi connectivity index (χ2n) is 5.29. The molecule has 0 fully saturated rings. The van der Waals surface area contributed by atoms with Crippen LogP contribution in [0.5, 0.6) is 0 Å². The Hall–Kier alpha value is 1.14. The zero-order valence-corrected chi connectivity index (χ0v) is 20.3. The topological polar surface area (TPSA) is 115 Å². The van der Waals surface area contributed by atoms with E-state index in [4.69, 9.17) is 0 Å². The zero-order chi connectivity index (χ0) is 20.6. The molecule has 0 aromatic heterocycles. The van der Waals surface area contributed by atoms with Crippen molar-refractivity contribution in [2.75, 3.05) is 33.0 Å². The van der Waals surface area contributed by atoms with E-state index in [1.54, 1.807) is 0 Å². The van der Waals surface area contributed by atoms with E-state index in [0.29, 0.717) is 0 Å². The molecule has 0 spiro atoms. The fraction of sp³-hybridized carbons (Fsp3) is 1.00. The molecule has 0 aromatic carbocycles. The first-order valence-corrected chi connectivity index (χ1v) is 9.98. The van der Waals surface area contributed by atoms with Crippen LogP contribution in [0.3, 0.4) is 0 Å². The van der Waals surface area contributed by atoms with Crippen LogP contribution in [0.1, 0.15) is 98.8 Å². The van der Waals surface area contributed by atoms with Gasteiger partial charge in [0.1, 0.15) is 0 Å². The fourth-order valence-electron chi connectivity index (χ4n) is 0.722. The van der Waals surface area contributed by atoms with Crippen molar-refractivity contribution < 1.29 is 47.9 Å². The average molecular weight is 466 g/mol. The van der Waals surface area contributed by atoms with Gasteiger partial charge >= 0.3 is 41.2 Å². The number of hydrogen-bond acceptors (Lipinski definition) is 5. The van der Waals surface area contributed by atoms with Crippen molar-refractivity contribution in [2.45, 2.75) is 98.8 Å². The van der Waals surface area contributed by atoms with Gasteiger partial charge < -0.3 is 25.5 Å². The van der Waals surface area contributed by atoms with E-state index in [-0.39, 0.29) is 74.3 Å². The van der Waals surface area contributed by atoms with E-state index in [9.17, 15) is 25.5 Å². The molecule has 0 aliphatic carbocycles. The molecule has 0 atom stereocenters. The first-order chi connectivity index (χ1) is 12.1. The minimum Gasteiger partial charge on any atom is 5.00 e. The molecular weight excluding hydrogens is 420 g/mol. The van der Waals surface area contributed by atoms with Gasteiger partial charge in [0.15, 0.2) is 0 Å². The van der Waals surface area contributed by atoms with E-state index in [2.05, 4.69) is 0 Å². The molecule has 0 saturated carbocycles. The molecule has 0 aliphatic heterocycles. The molecule has 0 amide bonds. The number of hydrogen-bond donors (Lipinski definition) is 0. The Bertz CT molecular complexity index is 103. The molecule has 7 heteroatoms. The van der Waals surface area contributed by atoms with Crippen LogP contribution in [-0.2, 0) is 22.4 Å². The fourth-order valence-corrected chi connectivity index (χ4v) is 0.722. The summed E-state index contributed by atoms with van der Waals surface area (Å²) >= 11 is 0. The Morgan fingerprint density at radius 1 is 0.370 bits per heavy atom. The largest absolute Gasteiger partial charge is 5.00 e. The van der Waals surface area contributed by atoms with Crippen LogP contribution in [0.25, 0.3) is 0 Å². The quantitative estimate of drug-likeness (QED) is 0.423. The summed E-state index contributed by atoms with van der Waals surface area (Å²) in [6.45, 7) is 10.5. The minimum absolute atomic E-state index is 0. The van der Waals surface area contributed by atoms with Crippen molar-refractivity contribution in [3.63, 3.8) is 0 Å². The smallest absolute Gasteiger partial charge is 5.00 e. The van der Waals surface area contributed by atoms with Gasteiger partial charge in [-0.2, -0.15) is 0 Å². The molecule has 0 N–H and O–H groups in total. The third-order valence-corrected chi connectivity index (χ3v) is 2.49. The van der Waals surface area contributed by atoms with Crippen LogP contribution >= 0.6 is 0 Å². The van der Waals surface area contributed by atoms with Crippen molar-refractivity contribution in [3.8, 4) is 0 Å². The Kier molecular flexibility index (Phi) is 122. The number of rotatable bonds is 10. The van der Waals surface area contributed by atoms with Crippen LogP contribution in [0.2, 0.25) is 0 Å². The van der Waals surface area contributed by atoms with Crippen LogP contribution in [-0.4, -0.2) is 51.9 Å². The van der Waals surface area contributed by atoms with Crippen molar-refractivity contribution in [3.05, 3.63) is 0 Å². The van der Waals surface area contributed by atoms with Crippen molar-refractivity contribution in [1.29, 1.82) is 0 Å². The first kappa shape index (κ1) is 46.4. The Labute approximate surface area is 198 Å². The molecule has 27 heavy (non-hydrogen) atoms. The maximum absolute atomic E-state index is 9.53. The summed E-state index contributed by atoms with van der Waals surface area (Å²) in [4.78, 5) is 0. The molecule has 0 rings (SSSR count). The van der Waals surface area contributed by atoms with Gasteiger partial charge in [0, 0.05) is 0 Å². The van der Waals surface area contributed by atoms with Gasteiger partial charge in [0.25, 0.3) is 0 Å². The molecule has 0 aromatic rings. The van der Waals surface area contributed by atoms with Gasteiger partial charge in [-0.3, -0.25) is 0 Å². The Balaban J connectivity index is -0.0000000364. The summed E-state index contributed by atoms with van der Waals surface area (Å²) in [5, 5.41) is 47.6. The van der Waals surface area contributed by atoms with E-state index < -0.39 is 0 Å². The maximum atomic E-state index is 9.53. The molecule has 0 saturated heterocycles. The minimum atomic E-state index is 0.